The Hall–Kier alpha value is -1.55. The molecule has 0 amide bonds. The van der Waals surface area contributed by atoms with E-state index < -0.39 is 6.64 Å². The highest BCUT2D eigenvalue weighted by Crippen LogP contribution is 2.43. The Morgan fingerprint density at radius 2 is 1.76 bits per heavy atom. The molecule has 136 valence electrons. The molecule has 0 atom stereocenters. The van der Waals surface area contributed by atoms with Crippen LogP contribution in [0.2, 0.25) is 5.02 Å². The lowest BCUT2D eigenvalue weighted by molar-refractivity contribution is 0.260. The van der Waals surface area contributed by atoms with E-state index in [1.165, 1.54) is 0 Å². The zero-order valence-corrected chi connectivity index (χ0v) is 16.2. The number of para-hydroxylation sites is 1. The van der Waals surface area contributed by atoms with Gasteiger partial charge in [-0.15, -0.1) is 0 Å². The van der Waals surface area contributed by atoms with E-state index in [2.05, 4.69) is 30.9 Å². The molecule has 1 heterocycles. The van der Waals surface area contributed by atoms with Gasteiger partial charge in [-0.3, -0.25) is 5.43 Å². The second-order valence-electron chi connectivity index (χ2n) is 4.52. The smallest absolute Gasteiger partial charge is 0.279 e. The summed E-state index contributed by atoms with van der Waals surface area (Å²) < 4.78 is 10.9. The monoisotopic (exact) mass is 403 g/mol. The number of hydrogen-bond acceptors (Lipinski definition) is 9. The maximum absolute atomic E-state index is 6.11. The molecule has 0 fully saturated rings. The Bertz CT molecular complexity index is 757. The van der Waals surface area contributed by atoms with Crippen molar-refractivity contribution < 1.29 is 9.05 Å². The van der Waals surface area contributed by atoms with Crippen molar-refractivity contribution in [2.24, 2.45) is 0 Å². The summed E-state index contributed by atoms with van der Waals surface area (Å²) in [5.41, 5.74) is 9.13. The quantitative estimate of drug-likeness (QED) is 0.367. The standard InChI is InChI=1S/C13H19ClN7O2PS/c1-3-22-24(25,23-4-2)21-20-13-18-11(15)17-12(19-13)16-10-8-6-5-7-9(10)14/h5-8H,3-4H2,1-2H3,(H,21,25)(H4,15,16,17,18,19,20). The Morgan fingerprint density at radius 3 is 2.40 bits per heavy atom. The van der Waals surface area contributed by atoms with E-state index in [-0.39, 0.29) is 17.8 Å². The van der Waals surface area contributed by atoms with Gasteiger partial charge < -0.3 is 20.1 Å². The van der Waals surface area contributed by atoms with Crippen molar-refractivity contribution in [3.63, 3.8) is 0 Å². The van der Waals surface area contributed by atoms with E-state index in [9.17, 15) is 0 Å². The topological polar surface area (TPSA) is 119 Å². The summed E-state index contributed by atoms with van der Waals surface area (Å²) >= 11 is 11.5. The normalized spacial score (nSPS) is 11.3. The average Bonchev–Trinajstić information content (AvgIpc) is 2.55. The SMILES string of the molecule is CCOP(=S)(NNc1nc(N)nc(Nc2ccccc2Cl)n1)OCC. The maximum Gasteiger partial charge on any atom is 0.279 e. The van der Waals surface area contributed by atoms with Crippen LogP contribution in [-0.4, -0.2) is 28.2 Å². The largest absolute Gasteiger partial charge is 0.368 e. The van der Waals surface area contributed by atoms with Crippen LogP contribution in [0.25, 0.3) is 0 Å². The number of rotatable bonds is 9. The van der Waals surface area contributed by atoms with Crippen LogP contribution in [-0.2, 0) is 20.9 Å². The Morgan fingerprint density at radius 1 is 1.12 bits per heavy atom. The van der Waals surface area contributed by atoms with Gasteiger partial charge in [0.15, 0.2) is 0 Å². The van der Waals surface area contributed by atoms with Crippen LogP contribution in [0.5, 0.6) is 0 Å². The van der Waals surface area contributed by atoms with Gasteiger partial charge in [0.1, 0.15) is 0 Å². The molecule has 2 rings (SSSR count). The molecule has 25 heavy (non-hydrogen) atoms. The lowest BCUT2D eigenvalue weighted by Crippen LogP contribution is -2.23. The minimum Gasteiger partial charge on any atom is -0.368 e. The number of nitrogens with one attached hydrogen (secondary N) is 3. The highest BCUT2D eigenvalue weighted by Gasteiger charge is 2.18. The second-order valence-corrected chi connectivity index (χ2v) is 8.10. The van der Waals surface area contributed by atoms with Gasteiger partial charge in [0.25, 0.3) is 6.64 Å². The number of anilines is 4. The number of halogens is 1. The van der Waals surface area contributed by atoms with Crippen LogP contribution in [0, 0.1) is 0 Å². The second kappa shape index (κ2) is 9.23. The molecule has 0 aliphatic carbocycles. The molecule has 9 nitrogen and oxygen atoms in total. The van der Waals surface area contributed by atoms with E-state index in [1.54, 1.807) is 12.1 Å². The van der Waals surface area contributed by atoms with Gasteiger partial charge in [-0.25, -0.2) is 0 Å². The number of hydrazine groups is 1. The number of hydrogen-bond donors (Lipinski definition) is 4. The van der Waals surface area contributed by atoms with Crippen molar-refractivity contribution in [3.05, 3.63) is 29.3 Å². The molecule has 0 saturated heterocycles. The summed E-state index contributed by atoms with van der Waals surface area (Å²) in [7, 11) is 0. The third-order valence-electron chi connectivity index (χ3n) is 2.68. The third-order valence-corrected chi connectivity index (χ3v) is 5.49. The van der Waals surface area contributed by atoms with E-state index in [0.29, 0.717) is 23.9 Å². The number of benzene rings is 1. The Labute approximate surface area is 155 Å². The number of nitrogens with two attached hydrogens (primary N) is 1. The van der Waals surface area contributed by atoms with Gasteiger partial charge in [0.05, 0.1) is 23.9 Å². The van der Waals surface area contributed by atoms with Gasteiger partial charge in [0.2, 0.25) is 17.8 Å². The molecular weight excluding hydrogens is 385 g/mol. The summed E-state index contributed by atoms with van der Waals surface area (Å²) in [6.45, 7) is 1.77. The first-order valence-corrected chi connectivity index (χ1v) is 10.4. The van der Waals surface area contributed by atoms with Gasteiger partial charge in [0, 0.05) is 0 Å². The summed E-state index contributed by atoms with van der Waals surface area (Å²) in [6.07, 6.45) is 0. The summed E-state index contributed by atoms with van der Waals surface area (Å²) in [6, 6.07) is 7.19. The van der Waals surface area contributed by atoms with Crippen molar-refractivity contribution in [1.29, 1.82) is 0 Å². The summed E-state index contributed by atoms with van der Waals surface area (Å²) in [5.74, 6) is 0.414. The zero-order chi connectivity index (χ0) is 18.3. The average molecular weight is 404 g/mol. The summed E-state index contributed by atoms with van der Waals surface area (Å²) in [4.78, 5) is 12.2. The lowest BCUT2D eigenvalue weighted by Gasteiger charge is -2.22. The van der Waals surface area contributed by atoms with Crippen LogP contribution in [0.4, 0.5) is 23.5 Å². The molecule has 5 N–H and O–H groups in total. The molecule has 12 heteroatoms. The van der Waals surface area contributed by atoms with Crippen LogP contribution in [0.3, 0.4) is 0 Å². The molecule has 0 unspecified atom stereocenters. The van der Waals surface area contributed by atoms with Crippen LogP contribution in [0.15, 0.2) is 24.3 Å². The molecule has 0 spiro atoms. The van der Waals surface area contributed by atoms with E-state index in [1.807, 2.05) is 26.0 Å². The lowest BCUT2D eigenvalue weighted by atomic mass is 10.3. The number of nitrogens with zero attached hydrogens (tertiary/aromatic N) is 3. The molecule has 0 aliphatic heterocycles. The zero-order valence-electron chi connectivity index (χ0n) is 13.7. The van der Waals surface area contributed by atoms with Crippen molar-refractivity contribution in [2.75, 3.05) is 29.7 Å². The van der Waals surface area contributed by atoms with Crippen LogP contribution < -0.4 is 21.7 Å². The van der Waals surface area contributed by atoms with E-state index in [0.717, 1.165) is 0 Å². The van der Waals surface area contributed by atoms with Crippen LogP contribution in [0.1, 0.15) is 13.8 Å². The molecule has 0 bridgehead atoms. The number of aromatic nitrogens is 3. The molecule has 1 aromatic carbocycles. The maximum atomic E-state index is 6.11. The molecule has 0 saturated carbocycles. The van der Waals surface area contributed by atoms with Gasteiger partial charge in [-0.1, -0.05) is 23.7 Å². The first-order valence-electron chi connectivity index (χ1n) is 7.41. The van der Waals surface area contributed by atoms with Gasteiger partial charge >= 0.3 is 0 Å². The fourth-order valence-electron chi connectivity index (χ4n) is 1.75. The number of nitrogen functional groups attached to an aromatic ring is 1. The first kappa shape index (κ1) is 19.8. The summed E-state index contributed by atoms with van der Waals surface area (Å²) in [5, 5.41) is 6.32. The predicted molar refractivity (Wildman–Crippen MR) is 103 cm³/mol. The first-order chi connectivity index (χ1) is 12.0. The van der Waals surface area contributed by atoms with E-state index >= 15 is 0 Å². The fraction of sp³-hybridized carbons (Fsp3) is 0.308. The molecule has 2 aromatic rings. The highest BCUT2D eigenvalue weighted by molar-refractivity contribution is 8.09. The van der Waals surface area contributed by atoms with Crippen molar-refractivity contribution in [2.45, 2.75) is 13.8 Å². The minimum absolute atomic E-state index is 0.0231. The van der Waals surface area contributed by atoms with Crippen molar-refractivity contribution in [3.8, 4) is 0 Å². The third kappa shape index (κ3) is 6.03. The minimum atomic E-state index is -2.70. The highest BCUT2D eigenvalue weighted by atomic mass is 35.5. The molecular formula is C13H19ClN7O2PS. The molecule has 0 aliphatic rings. The van der Waals surface area contributed by atoms with E-state index in [4.69, 9.17) is 38.2 Å². The van der Waals surface area contributed by atoms with Crippen molar-refractivity contribution in [1.82, 2.24) is 20.1 Å². The molecule has 0 radical (unpaired) electrons. The van der Waals surface area contributed by atoms with Crippen LogP contribution >= 0.6 is 18.2 Å². The van der Waals surface area contributed by atoms with Crippen molar-refractivity contribution >= 4 is 53.6 Å². The Balaban J connectivity index is 2.13. The molecule has 1 aromatic heterocycles. The predicted octanol–water partition coefficient (Wildman–Crippen LogP) is 3.06. The Kier molecular flexibility index (Phi) is 7.30. The van der Waals surface area contributed by atoms with Gasteiger partial charge in [-0.05, 0) is 37.8 Å². The fourth-order valence-corrected chi connectivity index (χ4v) is 3.82. The van der Waals surface area contributed by atoms with Gasteiger partial charge in [-0.2, -0.15) is 20.1 Å².